The maximum absolute atomic E-state index is 2.85. The SMILES string of the molecule is CC[N+](C)(CC)CCN(CC[N+](C)(CC)CC)C1CCc2ccccc2C1. The minimum absolute atomic E-state index is 0.712. The second-order valence-corrected chi connectivity index (χ2v) is 9.15. The van der Waals surface area contributed by atoms with Crippen molar-refractivity contribution in [2.75, 3.05) is 66.5 Å². The van der Waals surface area contributed by atoms with Crippen LogP contribution in [0.4, 0.5) is 0 Å². The van der Waals surface area contributed by atoms with E-state index in [1.54, 1.807) is 11.1 Å². The van der Waals surface area contributed by atoms with E-state index in [2.05, 4.69) is 71.0 Å². The maximum Gasteiger partial charge on any atom is 0.0913 e. The van der Waals surface area contributed by atoms with Gasteiger partial charge in [0.15, 0.2) is 0 Å². The van der Waals surface area contributed by atoms with E-state index in [-0.39, 0.29) is 0 Å². The molecule has 0 aliphatic heterocycles. The van der Waals surface area contributed by atoms with Gasteiger partial charge in [-0.25, -0.2) is 0 Å². The molecule has 1 unspecified atom stereocenters. The van der Waals surface area contributed by atoms with Crippen molar-refractivity contribution < 1.29 is 8.97 Å². The van der Waals surface area contributed by atoms with E-state index in [1.165, 1.54) is 80.6 Å². The van der Waals surface area contributed by atoms with Crippen molar-refractivity contribution in [3.8, 4) is 0 Å². The molecule has 0 heterocycles. The largest absolute Gasteiger partial charge is 0.325 e. The van der Waals surface area contributed by atoms with Crippen LogP contribution in [-0.4, -0.2) is 86.4 Å². The van der Waals surface area contributed by atoms with Crippen molar-refractivity contribution in [2.45, 2.75) is 53.0 Å². The van der Waals surface area contributed by atoms with Gasteiger partial charge in [-0.2, -0.15) is 0 Å². The van der Waals surface area contributed by atoms with E-state index in [0.717, 1.165) is 0 Å². The molecule has 0 amide bonds. The summed E-state index contributed by atoms with van der Waals surface area (Å²) in [6.07, 6.45) is 3.81. The fourth-order valence-electron chi connectivity index (χ4n) is 4.29. The highest BCUT2D eigenvalue weighted by Crippen LogP contribution is 2.25. The van der Waals surface area contributed by atoms with Gasteiger partial charge in [0.2, 0.25) is 0 Å². The minimum atomic E-state index is 0.712. The predicted octanol–water partition coefficient (Wildman–Crippen LogP) is 3.82. The van der Waals surface area contributed by atoms with E-state index >= 15 is 0 Å². The molecule has 3 heteroatoms. The van der Waals surface area contributed by atoms with Crippen LogP contribution in [0.3, 0.4) is 0 Å². The van der Waals surface area contributed by atoms with Crippen LogP contribution in [-0.2, 0) is 12.8 Å². The Hall–Kier alpha value is -0.900. The Morgan fingerprint density at radius 1 is 0.815 bits per heavy atom. The summed E-state index contributed by atoms with van der Waals surface area (Å²) in [6, 6.07) is 9.82. The van der Waals surface area contributed by atoms with Crippen molar-refractivity contribution >= 4 is 0 Å². The molecule has 0 spiro atoms. The number of rotatable bonds is 11. The lowest BCUT2D eigenvalue weighted by Crippen LogP contribution is -2.54. The summed E-state index contributed by atoms with van der Waals surface area (Å²) < 4.78 is 2.38. The van der Waals surface area contributed by atoms with Crippen molar-refractivity contribution in [3.05, 3.63) is 35.4 Å². The molecule has 0 N–H and O–H groups in total. The van der Waals surface area contributed by atoms with Crippen LogP contribution in [0, 0.1) is 0 Å². The molecular formula is C24H45N3+2. The Labute approximate surface area is 169 Å². The Morgan fingerprint density at radius 2 is 1.30 bits per heavy atom. The molecule has 0 bridgehead atoms. The summed E-state index contributed by atoms with van der Waals surface area (Å²) in [7, 11) is 4.85. The van der Waals surface area contributed by atoms with Gasteiger partial charge in [-0.3, -0.25) is 4.90 Å². The van der Waals surface area contributed by atoms with Gasteiger partial charge in [0.05, 0.1) is 53.4 Å². The number of likely N-dealkylation sites (N-methyl/N-ethyl adjacent to an activating group) is 2. The summed E-state index contributed by atoms with van der Waals surface area (Å²) >= 11 is 0. The summed E-state index contributed by atoms with van der Waals surface area (Å²) in [6.45, 7) is 19.3. The van der Waals surface area contributed by atoms with Crippen LogP contribution in [0.2, 0.25) is 0 Å². The van der Waals surface area contributed by atoms with E-state index in [1.807, 2.05) is 0 Å². The average Bonchev–Trinajstić information content (AvgIpc) is 2.73. The van der Waals surface area contributed by atoms with Crippen LogP contribution < -0.4 is 0 Å². The third-order valence-corrected chi connectivity index (χ3v) is 7.75. The molecular weight excluding hydrogens is 330 g/mol. The van der Waals surface area contributed by atoms with Gasteiger partial charge < -0.3 is 8.97 Å². The fraction of sp³-hybridized carbons (Fsp3) is 0.750. The van der Waals surface area contributed by atoms with E-state index in [4.69, 9.17) is 0 Å². The summed E-state index contributed by atoms with van der Waals surface area (Å²) in [5, 5.41) is 0. The highest BCUT2D eigenvalue weighted by Gasteiger charge is 2.28. The molecule has 3 nitrogen and oxygen atoms in total. The lowest BCUT2D eigenvalue weighted by Gasteiger charge is -2.41. The van der Waals surface area contributed by atoms with Crippen LogP contribution in [0.25, 0.3) is 0 Å². The van der Waals surface area contributed by atoms with Gasteiger partial charge in [-0.15, -0.1) is 0 Å². The second-order valence-electron chi connectivity index (χ2n) is 9.15. The minimum Gasteiger partial charge on any atom is -0.325 e. The highest BCUT2D eigenvalue weighted by atomic mass is 15.4. The lowest BCUT2D eigenvalue weighted by molar-refractivity contribution is -0.908. The molecule has 0 fully saturated rings. The summed E-state index contributed by atoms with van der Waals surface area (Å²) in [5.74, 6) is 0. The Morgan fingerprint density at radius 3 is 1.78 bits per heavy atom. The average molecular weight is 376 g/mol. The van der Waals surface area contributed by atoms with Gasteiger partial charge in [0.1, 0.15) is 0 Å². The zero-order valence-electron chi connectivity index (χ0n) is 19.0. The molecule has 2 rings (SSSR count). The second kappa shape index (κ2) is 10.0. The number of aryl methyl sites for hydroxylation is 1. The Kier molecular flexibility index (Phi) is 8.33. The van der Waals surface area contributed by atoms with E-state index in [9.17, 15) is 0 Å². The Balaban J connectivity index is 2.09. The molecule has 1 aromatic carbocycles. The zero-order chi connectivity index (χ0) is 19.9. The van der Waals surface area contributed by atoms with Gasteiger partial charge >= 0.3 is 0 Å². The monoisotopic (exact) mass is 375 g/mol. The molecule has 0 saturated carbocycles. The summed E-state index contributed by atoms with van der Waals surface area (Å²) in [4.78, 5) is 2.85. The fourth-order valence-corrected chi connectivity index (χ4v) is 4.29. The molecule has 0 saturated heterocycles. The van der Waals surface area contributed by atoms with E-state index in [0.29, 0.717) is 6.04 Å². The molecule has 1 aliphatic carbocycles. The first-order chi connectivity index (χ1) is 12.9. The number of fused-ring (bicyclic) bond motifs is 1. The first kappa shape index (κ1) is 22.4. The molecule has 1 atom stereocenters. The topological polar surface area (TPSA) is 3.24 Å². The normalized spacial score (nSPS) is 18.0. The van der Waals surface area contributed by atoms with Crippen LogP contribution in [0.1, 0.15) is 45.2 Å². The van der Waals surface area contributed by atoms with Crippen LogP contribution >= 0.6 is 0 Å². The predicted molar refractivity (Wildman–Crippen MR) is 118 cm³/mol. The van der Waals surface area contributed by atoms with Crippen molar-refractivity contribution in [3.63, 3.8) is 0 Å². The molecule has 0 radical (unpaired) electrons. The Bertz CT molecular complexity index is 538. The molecule has 1 aromatic rings. The third-order valence-electron chi connectivity index (χ3n) is 7.75. The summed E-state index contributed by atoms with van der Waals surface area (Å²) in [5.41, 5.74) is 3.17. The quantitative estimate of drug-likeness (QED) is 0.532. The van der Waals surface area contributed by atoms with Gasteiger partial charge in [0.25, 0.3) is 0 Å². The van der Waals surface area contributed by atoms with Crippen molar-refractivity contribution in [1.29, 1.82) is 0 Å². The van der Waals surface area contributed by atoms with Gasteiger partial charge in [-0.1, -0.05) is 24.3 Å². The number of benzene rings is 1. The highest BCUT2D eigenvalue weighted by molar-refractivity contribution is 5.30. The molecule has 27 heavy (non-hydrogen) atoms. The molecule has 1 aliphatic rings. The molecule has 0 aromatic heterocycles. The standard InChI is InChI=1S/C24H45N3/c1-7-26(5,8-2)19-17-25(18-20-27(6,9-3)10-4)24-16-15-22-13-11-12-14-23(22)21-24/h11-14,24H,7-10,15-21H2,1-6H3/q+2. The van der Waals surface area contributed by atoms with Crippen molar-refractivity contribution in [2.24, 2.45) is 0 Å². The van der Waals surface area contributed by atoms with Crippen LogP contribution in [0.15, 0.2) is 24.3 Å². The van der Waals surface area contributed by atoms with E-state index < -0.39 is 0 Å². The number of hydrogen-bond donors (Lipinski definition) is 0. The van der Waals surface area contributed by atoms with Gasteiger partial charge in [0, 0.05) is 19.1 Å². The first-order valence-electron chi connectivity index (χ1n) is 11.4. The third kappa shape index (κ3) is 6.04. The number of hydrogen-bond acceptors (Lipinski definition) is 1. The van der Waals surface area contributed by atoms with Crippen molar-refractivity contribution in [1.82, 2.24) is 4.90 Å². The maximum atomic E-state index is 2.85. The van der Waals surface area contributed by atoms with Gasteiger partial charge in [-0.05, 0) is 58.1 Å². The first-order valence-corrected chi connectivity index (χ1v) is 11.4. The number of nitrogens with zero attached hydrogens (tertiary/aromatic N) is 3. The lowest BCUT2D eigenvalue weighted by atomic mass is 9.87. The van der Waals surface area contributed by atoms with Crippen LogP contribution in [0.5, 0.6) is 0 Å². The zero-order valence-corrected chi connectivity index (χ0v) is 19.0. The smallest absolute Gasteiger partial charge is 0.0913 e. The number of quaternary nitrogens is 2. The molecule has 154 valence electrons.